The second-order valence-corrected chi connectivity index (χ2v) is 5.26. The highest BCUT2D eigenvalue weighted by atomic mass is 79.9. The quantitative estimate of drug-likeness (QED) is 0.600. The minimum atomic E-state index is -0.369. The van der Waals surface area contributed by atoms with Crippen LogP contribution in [-0.4, -0.2) is 13.1 Å². The fourth-order valence-electron chi connectivity index (χ4n) is 1.72. The van der Waals surface area contributed by atoms with Gasteiger partial charge in [0.15, 0.2) is 0 Å². The molecule has 0 amide bonds. The molecule has 3 nitrogen and oxygen atoms in total. The van der Waals surface area contributed by atoms with Crippen molar-refractivity contribution in [2.45, 2.75) is 6.61 Å². The first-order valence-corrected chi connectivity index (χ1v) is 7.20. The fraction of sp³-hybridized carbons (Fsp3) is 0.118. The number of esters is 1. The number of benzene rings is 2. The van der Waals surface area contributed by atoms with Crippen molar-refractivity contribution < 1.29 is 14.3 Å². The Bertz CT molecular complexity index is 633. The zero-order valence-electron chi connectivity index (χ0n) is 11.6. The number of halogens is 1. The average Bonchev–Trinajstić information content (AvgIpc) is 2.52. The van der Waals surface area contributed by atoms with E-state index in [2.05, 4.69) is 20.7 Å². The summed E-state index contributed by atoms with van der Waals surface area (Å²) >= 11 is 3.38. The van der Waals surface area contributed by atoms with E-state index in [9.17, 15) is 4.79 Å². The molecule has 108 valence electrons. The molecule has 0 saturated heterocycles. The summed E-state index contributed by atoms with van der Waals surface area (Å²) in [6.45, 7) is 0.474. The van der Waals surface area contributed by atoms with Gasteiger partial charge in [-0.25, -0.2) is 4.79 Å². The average molecular weight is 347 g/mol. The lowest BCUT2D eigenvalue weighted by Crippen LogP contribution is -1.96. The van der Waals surface area contributed by atoms with Crippen LogP contribution in [0.1, 0.15) is 11.1 Å². The Morgan fingerprint density at radius 1 is 1.19 bits per heavy atom. The fourth-order valence-corrected chi connectivity index (χ4v) is 1.98. The van der Waals surface area contributed by atoms with E-state index in [0.29, 0.717) is 6.61 Å². The van der Waals surface area contributed by atoms with Crippen LogP contribution in [0.5, 0.6) is 5.75 Å². The van der Waals surface area contributed by atoms with Crippen LogP contribution in [0.25, 0.3) is 6.08 Å². The summed E-state index contributed by atoms with van der Waals surface area (Å²) in [5, 5.41) is 0. The number of hydrogen-bond acceptors (Lipinski definition) is 3. The van der Waals surface area contributed by atoms with Gasteiger partial charge in [-0.15, -0.1) is 0 Å². The molecule has 0 spiro atoms. The van der Waals surface area contributed by atoms with Gasteiger partial charge in [0.05, 0.1) is 7.11 Å². The van der Waals surface area contributed by atoms with Crippen molar-refractivity contribution in [2.75, 3.05) is 7.11 Å². The Morgan fingerprint density at radius 3 is 2.67 bits per heavy atom. The van der Waals surface area contributed by atoms with Gasteiger partial charge in [-0.3, -0.25) is 0 Å². The number of rotatable bonds is 5. The van der Waals surface area contributed by atoms with Gasteiger partial charge < -0.3 is 9.47 Å². The third-order valence-corrected chi connectivity index (χ3v) is 3.31. The van der Waals surface area contributed by atoms with Gasteiger partial charge in [-0.05, 0) is 47.5 Å². The molecule has 0 radical (unpaired) electrons. The highest BCUT2D eigenvalue weighted by Crippen LogP contribution is 2.17. The Morgan fingerprint density at radius 2 is 1.95 bits per heavy atom. The normalized spacial score (nSPS) is 10.6. The lowest BCUT2D eigenvalue weighted by Gasteiger charge is -2.07. The van der Waals surface area contributed by atoms with Gasteiger partial charge in [-0.2, -0.15) is 0 Å². The summed E-state index contributed by atoms with van der Waals surface area (Å²) in [7, 11) is 1.36. The highest BCUT2D eigenvalue weighted by Gasteiger charge is 1.98. The molecule has 4 heteroatoms. The second kappa shape index (κ2) is 7.64. The van der Waals surface area contributed by atoms with E-state index in [1.807, 2.05) is 48.5 Å². The molecule has 2 aromatic rings. The summed E-state index contributed by atoms with van der Waals surface area (Å²) in [5.74, 6) is 0.445. The van der Waals surface area contributed by atoms with Gasteiger partial charge in [-0.1, -0.05) is 34.1 Å². The first-order chi connectivity index (χ1) is 10.2. The molecule has 0 aromatic heterocycles. The van der Waals surface area contributed by atoms with Gasteiger partial charge in [0.1, 0.15) is 12.4 Å². The maximum absolute atomic E-state index is 11.1. The lowest BCUT2D eigenvalue weighted by molar-refractivity contribution is -0.134. The maximum Gasteiger partial charge on any atom is 0.330 e. The zero-order chi connectivity index (χ0) is 15.1. The lowest BCUT2D eigenvalue weighted by atomic mass is 10.1. The molecule has 21 heavy (non-hydrogen) atoms. The molecule has 0 aliphatic rings. The minimum Gasteiger partial charge on any atom is -0.489 e. The van der Waals surface area contributed by atoms with E-state index in [4.69, 9.17) is 4.74 Å². The molecule has 0 atom stereocenters. The molecule has 0 N–H and O–H groups in total. The number of carbonyl (C=O) groups is 1. The van der Waals surface area contributed by atoms with Crippen molar-refractivity contribution in [3.8, 4) is 5.75 Å². The molecule has 0 aliphatic carbocycles. The number of carbonyl (C=O) groups excluding carboxylic acids is 1. The molecule has 0 heterocycles. The van der Waals surface area contributed by atoms with Crippen molar-refractivity contribution in [1.82, 2.24) is 0 Å². The first-order valence-electron chi connectivity index (χ1n) is 6.41. The molecule has 0 aliphatic heterocycles. The minimum absolute atomic E-state index is 0.369. The predicted octanol–water partition coefficient (Wildman–Crippen LogP) is 4.21. The molecule has 0 unspecified atom stereocenters. The summed E-state index contributed by atoms with van der Waals surface area (Å²) in [5.41, 5.74) is 1.96. The third kappa shape index (κ3) is 5.08. The summed E-state index contributed by atoms with van der Waals surface area (Å²) in [6, 6.07) is 15.5. The molecule has 0 fully saturated rings. The van der Waals surface area contributed by atoms with Crippen molar-refractivity contribution in [3.63, 3.8) is 0 Å². The van der Waals surface area contributed by atoms with Crippen LogP contribution >= 0.6 is 15.9 Å². The first kappa shape index (κ1) is 15.3. The van der Waals surface area contributed by atoms with Gasteiger partial charge in [0, 0.05) is 10.5 Å². The molecule has 0 bridgehead atoms. The van der Waals surface area contributed by atoms with Crippen molar-refractivity contribution >= 4 is 28.0 Å². The standard InChI is InChI=1S/C17H15BrO3/c1-20-17(19)10-5-13-3-2-4-14(11-13)12-21-16-8-6-15(18)7-9-16/h2-11H,12H2,1H3/b10-5+. The summed E-state index contributed by atoms with van der Waals surface area (Å²) < 4.78 is 11.3. The van der Waals surface area contributed by atoms with E-state index in [0.717, 1.165) is 21.3 Å². The van der Waals surface area contributed by atoms with Crippen LogP contribution in [0, 0.1) is 0 Å². The molecule has 2 rings (SSSR count). The Kier molecular flexibility index (Phi) is 5.58. The van der Waals surface area contributed by atoms with E-state index >= 15 is 0 Å². The smallest absolute Gasteiger partial charge is 0.330 e. The van der Waals surface area contributed by atoms with Crippen LogP contribution in [0.3, 0.4) is 0 Å². The van der Waals surface area contributed by atoms with E-state index in [1.54, 1.807) is 6.08 Å². The second-order valence-electron chi connectivity index (χ2n) is 4.34. The third-order valence-electron chi connectivity index (χ3n) is 2.78. The maximum atomic E-state index is 11.1. The van der Waals surface area contributed by atoms with Crippen LogP contribution in [0.2, 0.25) is 0 Å². The van der Waals surface area contributed by atoms with Crippen molar-refractivity contribution in [2.24, 2.45) is 0 Å². The summed E-state index contributed by atoms with van der Waals surface area (Å²) in [4.78, 5) is 11.1. The monoisotopic (exact) mass is 346 g/mol. The number of ether oxygens (including phenoxy) is 2. The van der Waals surface area contributed by atoms with Gasteiger partial charge in [0.2, 0.25) is 0 Å². The van der Waals surface area contributed by atoms with Crippen LogP contribution < -0.4 is 4.74 Å². The van der Waals surface area contributed by atoms with E-state index < -0.39 is 0 Å². The molecular formula is C17H15BrO3. The predicted molar refractivity (Wildman–Crippen MR) is 86.0 cm³/mol. The van der Waals surface area contributed by atoms with Crippen molar-refractivity contribution in [3.05, 3.63) is 70.2 Å². The van der Waals surface area contributed by atoms with E-state index in [1.165, 1.54) is 13.2 Å². The SMILES string of the molecule is COC(=O)/C=C/c1cccc(COc2ccc(Br)cc2)c1. The Hall–Kier alpha value is -2.07. The highest BCUT2D eigenvalue weighted by molar-refractivity contribution is 9.10. The molecular weight excluding hydrogens is 332 g/mol. The zero-order valence-corrected chi connectivity index (χ0v) is 13.2. The molecule has 0 saturated carbocycles. The number of methoxy groups -OCH3 is 1. The van der Waals surface area contributed by atoms with Gasteiger partial charge in [0.25, 0.3) is 0 Å². The van der Waals surface area contributed by atoms with Gasteiger partial charge >= 0.3 is 5.97 Å². The Labute approximate surface area is 132 Å². The largest absolute Gasteiger partial charge is 0.489 e. The summed E-state index contributed by atoms with van der Waals surface area (Å²) in [6.07, 6.45) is 3.11. The topological polar surface area (TPSA) is 35.5 Å². The van der Waals surface area contributed by atoms with Crippen LogP contribution in [-0.2, 0) is 16.1 Å². The van der Waals surface area contributed by atoms with E-state index in [-0.39, 0.29) is 5.97 Å². The van der Waals surface area contributed by atoms with Crippen molar-refractivity contribution in [1.29, 1.82) is 0 Å². The van der Waals surface area contributed by atoms with Crippen LogP contribution in [0.4, 0.5) is 0 Å². The molecule has 2 aromatic carbocycles. The van der Waals surface area contributed by atoms with Crippen LogP contribution in [0.15, 0.2) is 59.1 Å². The number of hydrogen-bond donors (Lipinski definition) is 0. The Balaban J connectivity index is 1.99.